The van der Waals surface area contributed by atoms with Crippen LogP contribution in [-0.4, -0.2) is 28.8 Å². The zero-order valence-corrected chi connectivity index (χ0v) is 15.1. The number of rotatable bonds is 5. The molecular formula is C18H24ClFN4O. The van der Waals surface area contributed by atoms with E-state index in [2.05, 4.69) is 15.7 Å². The van der Waals surface area contributed by atoms with Gasteiger partial charge in [-0.15, -0.1) is 12.4 Å². The Morgan fingerprint density at radius 1 is 1.32 bits per heavy atom. The maximum absolute atomic E-state index is 13.1. The van der Waals surface area contributed by atoms with Gasteiger partial charge in [0.1, 0.15) is 11.6 Å². The molecule has 5 nitrogen and oxygen atoms in total. The minimum absolute atomic E-state index is 0. The molecule has 1 saturated heterocycles. The second-order valence-electron chi connectivity index (χ2n) is 6.34. The molecule has 25 heavy (non-hydrogen) atoms. The molecule has 0 bridgehead atoms. The summed E-state index contributed by atoms with van der Waals surface area (Å²) in [7, 11) is 0. The highest BCUT2D eigenvalue weighted by molar-refractivity contribution is 5.90. The van der Waals surface area contributed by atoms with Crippen LogP contribution in [0, 0.1) is 18.7 Å². The van der Waals surface area contributed by atoms with Gasteiger partial charge < -0.3 is 10.6 Å². The van der Waals surface area contributed by atoms with Crippen LogP contribution in [0.15, 0.2) is 30.3 Å². The van der Waals surface area contributed by atoms with E-state index in [1.165, 1.54) is 12.1 Å². The van der Waals surface area contributed by atoms with Gasteiger partial charge in [-0.2, -0.15) is 5.10 Å². The minimum Gasteiger partial charge on any atom is -0.317 e. The summed E-state index contributed by atoms with van der Waals surface area (Å²) in [6.07, 6.45) is 3.70. The van der Waals surface area contributed by atoms with Crippen molar-refractivity contribution >= 4 is 24.1 Å². The number of carbonyl (C=O) groups is 1. The van der Waals surface area contributed by atoms with Crippen LogP contribution in [0.1, 0.15) is 31.4 Å². The molecule has 0 spiro atoms. The molecule has 1 amide bonds. The summed E-state index contributed by atoms with van der Waals surface area (Å²) in [6, 6.07) is 7.88. The SMILES string of the molecule is Cc1cc(NC(=O)CCC2CCNCC2)n(-c2ccc(F)cc2)n1.Cl. The largest absolute Gasteiger partial charge is 0.317 e. The fourth-order valence-corrected chi connectivity index (χ4v) is 3.08. The Morgan fingerprint density at radius 3 is 2.68 bits per heavy atom. The van der Waals surface area contributed by atoms with E-state index < -0.39 is 0 Å². The Hall–Kier alpha value is -1.92. The Bertz CT molecular complexity index is 696. The first-order valence-electron chi connectivity index (χ1n) is 8.45. The smallest absolute Gasteiger partial charge is 0.225 e. The molecule has 0 aliphatic carbocycles. The highest BCUT2D eigenvalue weighted by Gasteiger charge is 2.16. The second kappa shape index (κ2) is 8.97. The molecule has 136 valence electrons. The summed E-state index contributed by atoms with van der Waals surface area (Å²) in [4.78, 5) is 12.3. The van der Waals surface area contributed by atoms with Crippen LogP contribution in [0.5, 0.6) is 0 Å². The van der Waals surface area contributed by atoms with Gasteiger partial charge in [0.15, 0.2) is 0 Å². The molecule has 1 aliphatic heterocycles. The van der Waals surface area contributed by atoms with Gasteiger partial charge in [0, 0.05) is 12.5 Å². The molecule has 3 rings (SSSR count). The lowest BCUT2D eigenvalue weighted by Crippen LogP contribution is -2.28. The number of benzene rings is 1. The minimum atomic E-state index is -0.296. The first kappa shape index (κ1) is 19.4. The Labute approximate surface area is 153 Å². The molecule has 1 fully saturated rings. The number of aryl methyl sites for hydroxylation is 1. The summed E-state index contributed by atoms with van der Waals surface area (Å²) in [6.45, 7) is 3.95. The Balaban J connectivity index is 0.00000225. The lowest BCUT2D eigenvalue weighted by Gasteiger charge is -2.22. The molecule has 1 aliphatic rings. The number of anilines is 1. The number of halogens is 2. The van der Waals surface area contributed by atoms with Crippen molar-refractivity contribution in [3.63, 3.8) is 0 Å². The third kappa shape index (κ3) is 5.28. The highest BCUT2D eigenvalue weighted by Crippen LogP contribution is 2.20. The maximum Gasteiger partial charge on any atom is 0.225 e. The van der Waals surface area contributed by atoms with Gasteiger partial charge in [-0.25, -0.2) is 9.07 Å². The molecule has 0 radical (unpaired) electrons. The van der Waals surface area contributed by atoms with Crippen LogP contribution in [0.4, 0.5) is 10.2 Å². The molecule has 1 aromatic carbocycles. The van der Waals surface area contributed by atoms with E-state index in [0.29, 0.717) is 18.2 Å². The molecule has 2 aromatic rings. The zero-order valence-electron chi connectivity index (χ0n) is 14.3. The van der Waals surface area contributed by atoms with Crippen molar-refractivity contribution in [1.29, 1.82) is 0 Å². The summed E-state index contributed by atoms with van der Waals surface area (Å²) < 4.78 is 14.7. The second-order valence-corrected chi connectivity index (χ2v) is 6.34. The normalized spacial score (nSPS) is 14.8. The van der Waals surface area contributed by atoms with Crippen molar-refractivity contribution in [3.05, 3.63) is 41.8 Å². The quantitative estimate of drug-likeness (QED) is 0.852. The van der Waals surface area contributed by atoms with Gasteiger partial charge in [0.05, 0.1) is 11.4 Å². The van der Waals surface area contributed by atoms with Crippen molar-refractivity contribution in [2.45, 2.75) is 32.6 Å². The van der Waals surface area contributed by atoms with E-state index in [1.807, 2.05) is 13.0 Å². The number of nitrogens with one attached hydrogen (secondary N) is 2. The van der Waals surface area contributed by atoms with Crippen LogP contribution in [0.25, 0.3) is 5.69 Å². The standard InChI is InChI=1S/C18H23FN4O.ClH/c1-13-12-17(23(22-13)16-5-3-15(19)4-6-16)21-18(24)7-2-14-8-10-20-11-9-14;/h3-6,12,14,20H,2,7-11H2,1H3,(H,21,24);1H. The van der Waals surface area contributed by atoms with Crippen molar-refractivity contribution in [2.24, 2.45) is 5.92 Å². The highest BCUT2D eigenvalue weighted by atomic mass is 35.5. The third-order valence-corrected chi connectivity index (χ3v) is 4.41. The first-order valence-corrected chi connectivity index (χ1v) is 8.45. The van der Waals surface area contributed by atoms with Gasteiger partial charge in [0.25, 0.3) is 0 Å². The average Bonchev–Trinajstić information content (AvgIpc) is 2.95. The monoisotopic (exact) mass is 366 g/mol. The molecule has 0 atom stereocenters. The van der Waals surface area contributed by atoms with Gasteiger partial charge >= 0.3 is 0 Å². The van der Waals surface area contributed by atoms with Crippen LogP contribution in [-0.2, 0) is 4.79 Å². The number of hydrogen-bond donors (Lipinski definition) is 2. The topological polar surface area (TPSA) is 59.0 Å². The zero-order chi connectivity index (χ0) is 16.9. The number of aromatic nitrogens is 2. The van der Waals surface area contributed by atoms with Crippen molar-refractivity contribution < 1.29 is 9.18 Å². The lowest BCUT2D eigenvalue weighted by atomic mass is 9.93. The predicted octanol–water partition coefficient (Wildman–Crippen LogP) is 3.46. The summed E-state index contributed by atoms with van der Waals surface area (Å²) in [5.41, 5.74) is 1.52. The van der Waals surface area contributed by atoms with Gasteiger partial charge in [-0.05, 0) is 69.5 Å². The van der Waals surface area contributed by atoms with Gasteiger partial charge in [-0.1, -0.05) is 0 Å². The molecular weight excluding hydrogens is 343 g/mol. The van der Waals surface area contributed by atoms with Crippen molar-refractivity contribution in [1.82, 2.24) is 15.1 Å². The van der Waals surface area contributed by atoms with E-state index >= 15 is 0 Å². The number of carbonyl (C=O) groups excluding carboxylic acids is 1. The van der Waals surface area contributed by atoms with Crippen LogP contribution >= 0.6 is 12.4 Å². The molecule has 2 N–H and O–H groups in total. The van der Waals surface area contributed by atoms with Crippen LogP contribution in [0.3, 0.4) is 0 Å². The van der Waals surface area contributed by atoms with Crippen molar-refractivity contribution in [3.8, 4) is 5.69 Å². The molecule has 0 saturated carbocycles. The summed E-state index contributed by atoms with van der Waals surface area (Å²) in [5, 5.41) is 10.7. The molecule has 0 unspecified atom stereocenters. The Morgan fingerprint density at radius 2 is 2.00 bits per heavy atom. The third-order valence-electron chi connectivity index (χ3n) is 4.41. The number of nitrogens with zero attached hydrogens (tertiary/aromatic N) is 2. The molecule has 2 heterocycles. The Kier molecular flexibility index (Phi) is 6.96. The van der Waals surface area contributed by atoms with E-state index in [-0.39, 0.29) is 24.1 Å². The number of piperidine rings is 1. The fraction of sp³-hybridized carbons (Fsp3) is 0.444. The van der Waals surface area contributed by atoms with Crippen molar-refractivity contribution in [2.75, 3.05) is 18.4 Å². The van der Waals surface area contributed by atoms with E-state index in [0.717, 1.165) is 43.7 Å². The average molecular weight is 367 g/mol. The summed E-state index contributed by atoms with van der Waals surface area (Å²) in [5.74, 6) is 0.946. The van der Waals surface area contributed by atoms with E-state index in [1.54, 1.807) is 16.8 Å². The van der Waals surface area contributed by atoms with Crippen LogP contribution < -0.4 is 10.6 Å². The van der Waals surface area contributed by atoms with Gasteiger partial charge in [-0.3, -0.25) is 4.79 Å². The van der Waals surface area contributed by atoms with E-state index in [9.17, 15) is 9.18 Å². The fourth-order valence-electron chi connectivity index (χ4n) is 3.08. The predicted molar refractivity (Wildman–Crippen MR) is 99.0 cm³/mol. The molecule has 7 heteroatoms. The van der Waals surface area contributed by atoms with Gasteiger partial charge in [0.2, 0.25) is 5.91 Å². The van der Waals surface area contributed by atoms with E-state index in [4.69, 9.17) is 0 Å². The summed E-state index contributed by atoms with van der Waals surface area (Å²) >= 11 is 0. The van der Waals surface area contributed by atoms with Crippen LogP contribution in [0.2, 0.25) is 0 Å². The molecule has 1 aromatic heterocycles. The maximum atomic E-state index is 13.1. The lowest BCUT2D eigenvalue weighted by molar-refractivity contribution is -0.116. The number of amides is 1. The first-order chi connectivity index (χ1) is 11.6. The number of hydrogen-bond acceptors (Lipinski definition) is 3.